The van der Waals surface area contributed by atoms with Crippen LogP contribution in [0, 0.1) is 0 Å². The van der Waals surface area contributed by atoms with E-state index in [1.54, 1.807) is 0 Å². The molecule has 0 bridgehead atoms. The van der Waals surface area contributed by atoms with E-state index in [4.69, 9.17) is 10.5 Å². The zero-order valence-electron chi connectivity index (χ0n) is 11.3. The molecule has 1 aromatic carbocycles. The average molecular weight is 248 g/mol. The van der Waals surface area contributed by atoms with Gasteiger partial charge in [-0.3, -0.25) is 4.90 Å². The molecule has 1 saturated carbocycles. The highest BCUT2D eigenvalue weighted by Gasteiger charge is 2.35. The van der Waals surface area contributed by atoms with Crippen LogP contribution in [-0.2, 0) is 0 Å². The SMILES string of the molecule is CN(CCOc1ccccc1)C1(CN)CCCC1. The van der Waals surface area contributed by atoms with Gasteiger partial charge in [-0.25, -0.2) is 0 Å². The van der Waals surface area contributed by atoms with Crippen LogP contribution in [0.1, 0.15) is 25.7 Å². The van der Waals surface area contributed by atoms with Gasteiger partial charge in [-0.2, -0.15) is 0 Å². The molecule has 0 aromatic heterocycles. The maximum Gasteiger partial charge on any atom is 0.119 e. The van der Waals surface area contributed by atoms with E-state index in [0.717, 1.165) is 25.4 Å². The molecule has 1 aliphatic carbocycles. The monoisotopic (exact) mass is 248 g/mol. The van der Waals surface area contributed by atoms with E-state index in [0.29, 0.717) is 0 Å². The molecule has 2 N–H and O–H groups in total. The third-order valence-corrected chi connectivity index (χ3v) is 4.16. The third-order valence-electron chi connectivity index (χ3n) is 4.16. The van der Waals surface area contributed by atoms with Crippen LogP contribution in [0.4, 0.5) is 0 Å². The van der Waals surface area contributed by atoms with Crippen molar-refractivity contribution in [1.82, 2.24) is 4.90 Å². The Morgan fingerprint density at radius 1 is 1.22 bits per heavy atom. The zero-order chi connectivity index (χ0) is 12.8. The molecule has 1 aliphatic rings. The van der Waals surface area contributed by atoms with Gasteiger partial charge in [0.05, 0.1) is 0 Å². The van der Waals surface area contributed by atoms with Gasteiger partial charge in [-0.1, -0.05) is 31.0 Å². The Hall–Kier alpha value is -1.06. The van der Waals surface area contributed by atoms with Crippen LogP contribution in [0.25, 0.3) is 0 Å². The standard InChI is InChI=1S/C15H24N2O/c1-17(15(13-16)9-5-6-10-15)11-12-18-14-7-3-2-4-8-14/h2-4,7-8H,5-6,9-13,16H2,1H3. The van der Waals surface area contributed by atoms with Crippen molar-refractivity contribution in [3.05, 3.63) is 30.3 Å². The number of hydrogen-bond donors (Lipinski definition) is 1. The summed E-state index contributed by atoms with van der Waals surface area (Å²) in [5.74, 6) is 0.944. The van der Waals surface area contributed by atoms with Gasteiger partial charge in [0.2, 0.25) is 0 Å². The Balaban J connectivity index is 1.79. The van der Waals surface area contributed by atoms with Crippen molar-refractivity contribution in [3.8, 4) is 5.75 Å². The number of hydrogen-bond acceptors (Lipinski definition) is 3. The van der Waals surface area contributed by atoms with E-state index >= 15 is 0 Å². The number of nitrogens with two attached hydrogens (primary N) is 1. The fourth-order valence-electron chi connectivity index (χ4n) is 2.83. The predicted molar refractivity (Wildman–Crippen MR) is 74.8 cm³/mol. The van der Waals surface area contributed by atoms with E-state index < -0.39 is 0 Å². The molecule has 0 radical (unpaired) electrons. The summed E-state index contributed by atoms with van der Waals surface area (Å²) in [5.41, 5.74) is 6.19. The molecule has 0 spiro atoms. The van der Waals surface area contributed by atoms with Crippen molar-refractivity contribution in [2.45, 2.75) is 31.2 Å². The fourth-order valence-corrected chi connectivity index (χ4v) is 2.83. The van der Waals surface area contributed by atoms with Crippen LogP contribution in [0.5, 0.6) is 5.75 Å². The largest absolute Gasteiger partial charge is 0.492 e. The van der Waals surface area contributed by atoms with E-state index in [-0.39, 0.29) is 5.54 Å². The lowest BCUT2D eigenvalue weighted by atomic mass is 9.96. The van der Waals surface area contributed by atoms with Crippen molar-refractivity contribution >= 4 is 0 Å². The van der Waals surface area contributed by atoms with Crippen LogP contribution in [0.3, 0.4) is 0 Å². The van der Waals surface area contributed by atoms with Gasteiger partial charge >= 0.3 is 0 Å². The highest BCUT2D eigenvalue weighted by molar-refractivity contribution is 5.20. The average Bonchev–Trinajstić information content (AvgIpc) is 2.90. The van der Waals surface area contributed by atoms with Gasteiger partial charge in [0.25, 0.3) is 0 Å². The summed E-state index contributed by atoms with van der Waals surface area (Å²) in [6.07, 6.45) is 5.07. The molecule has 1 aromatic rings. The molecular weight excluding hydrogens is 224 g/mol. The molecular formula is C15H24N2O. The lowest BCUT2D eigenvalue weighted by Gasteiger charge is -2.37. The van der Waals surface area contributed by atoms with Gasteiger partial charge in [0.1, 0.15) is 12.4 Å². The Morgan fingerprint density at radius 3 is 2.50 bits per heavy atom. The van der Waals surface area contributed by atoms with Crippen molar-refractivity contribution in [3.63, 3.8) is 0 Å². The molecule has 0 unspecified atom stereocenters. The summed E-state index contributed by atoms with van der Waals surface area (Å²) in [6.45, 7) is 2.42. The first-order chi connectivity index (χ1) is 8.77. The first-order valence-electron chi connectivity index (χ1n) is 6.86. The second kappa shape index (κ2) is 6.21. The summed E-state index contributed by atoms with van der Waals surface area (Å²) in [4.78, 5) is 2.39. The minimum atomic E-state index is 0.222. The number of benzene rings is 1. The van der Waals surface area contributed by atoms with Gasteiger partial charge in [0.15, 0.2) is 0 Å². The second-order valence-electron chi connectivity index (χ2n) is 5.22. The maximum atomic E-state index is 5.97. The van der Waals surface area contributed by atoms with Crippen molar-refractivity contribution in [2.75, 3.05) is 26.7 Å². The molecule has 1 fully saturated rings. The molecule has 2 rings (SSSR count). The van der Waals surface area contributed by atoms with Crippen molar-refractivity contribution in [2.24, 2.45) is 5.73 Å². The minimum absolute atomic E-state index is 0.222. The van der Waals surface area contributed by atoms with Gasteiger partial charge in [-0.15, -0.1) is 0 Å². The lowest BCUT2D eigenvalue weighted by molar-refractivity contribution is 0.110. The molecule has 0 saturated heterocycles. The van der Waals surface area contributed by atoms with Crippen LogP contribution >= 0.6 is 0 Å². The van der Waals surface area contributed by atoms with Crippen LogP contribution in [-0.4, -0.2) is 37.2 Å². The minimum Gasteiger partial charge on any atom is -0.492 e. The van der Waals surface area contributed by atoms with E-state index in [9.17, 15) is 0 Å². The van der Waals surface area contributed by atoms with Crippen molar-refractivity contribution in [1.29, 1.82) is 0 Å². The van der Waals surface area contributed by atoms with E-state index in [1.807, 2.05) is 30.3 Å². The Labute approximate surface area is 110 Å². The molecule has 0 amide bonds. The summed E-state index contributed by atoms with van der Waals surface area (Å²) in [6, 6.07) is 9.98. The number of nitrogens with zero attached hydrogens (tertiary/aromatic N) is 1. The first-order valence-corrected chi connectivity index (χ1v) is 6.86. The molecule has 0 heterocycles. The molecule has 0 atom stereocenters. The van der Waals surface area contributed by atoms with Gasteiger partial charge in [-0.05, 0) is 32.0 Å². The van der Waals surface area contributed by atoms with Crippen LogP contribution in [0.2, 0.25) is 0 Å². The smallest absolute Gasteiger partial charge is 0.119 e. The summed E-state index contributed by atoms with van der Waals surface area (Å²) in [5, 5.41) is 0. The maximum absolute atomic E-state index is 5.97. The third kappa shape index (κ3) is 3.03. The normalized spacial score (nSPS) is 18.2. The molecule has 0 aliphatic heterocycles. The molecule has 3 heteroatoms. The Bertz CT molecular complexity index is 347. The summed E-state index contributed by atoms with van der Waals surface area (Å²) < 4.78 is 5.74. The Morgan fingerprint density at radius 2 is 1.89 bits per heavy atom. The van der Waals surface area contributed by atoms with E-state index in [2.05, 4.69) is 11.9 Å². The molecule has 18 heavy (non-hydrogen) atoms. The highest BCUT2D eigenvalue weighted by Crippen LogP contribution is 2.33. The molecule has 3 nitrogen and oxygen atoms in total. The predicted octanol–water partition coefficient (Wildman–Crippen LogP) is 2.27. The first kappa shape index (κ1) is 13.4. The van der Waals surface area contributed by atoms with Gasteiger partial charge < -0.3 is 10.5 Å². The zero-order valence-corrected chi connectivity index (χ0v) is 11.3. The summed E-state index contributed by atoms with van der Waals surface area (Å²) in [7, 11) is 2.17. The second-order valence-corrected chi connectivity index (χ2v) is 5.22. The van der Waals surface area contributed by atoms with Gasteiger partial charge in [0, 0.05) is 18.6 Å². The topological polar surface area (TPSA) is 38.5 Å². The molecule has 100 valence electrons. The van der Waals surface area contributed by atoms with Crippen molar-refractivity contribution < 1.29 is 4.74 Å². The summed E-state index contributed by atoms with van der Waals surface area (Å²) >= 11 is 0. The fraction of sp³-hybridized carbons (Fsp3) is 0.600. The number of ether oxygens (including phenoxy) is 1. The lowest BCUT2D eigenvalue weighted by Crippen LogP contribution is -2.51. The van der Waals surface area contributed by atoms with E-state index in [1.165, 1.54) is 25.7 Å². The number of para-hydroxylation sites is 1. The van der Waals surface area contributed by atoms with Crippen LogP contribution < -0.4 is 10.5 Å². The van der Waals surface area contributed by atoms with Crippen LogP contribution in [0.15, 0.2) is 30.3 Å². The quantitative estimate of drug-likeness (QED) is 0.839. The highest BCUT2D eigenvalue weighted by atomic mass is 16.5. The Kier molecular flexibility index (Phi) is 4.61. The number of likely N-dealkylation sites (N-methyl/N-ethyl adjacent to an activating group) is 1. The number of rotatable bonds is 6.